The van der Waals surface area contributed by atoms with E-state index in [1.54, 1.807) is 12.1 Å². The first-order valence-electron chi connectivity index (χ1n) is 8.83. The zero-order chi connectivity index (χ0) is 20.8. The minimum absolute atomic E-state index is 0.0105. The van der Waals surface area contributed by atoms with E-state index in [1.165, 1.54) is 42.5 Å². The molecule has 148 valence electrons. The average Bonchev–Trinajstić information content (AvgIpc) is 3.15. The topological polar surface area (TPSA) is 88.2 Å². The Balaban J connectivity index is 1.54. The number of ketones is 1. The number of hydrogen-bond acceptors (Lipinski definition) is 5. The first-order chi connectivity index (χ1) is 13.9. The summed E-state index contributed by atoms with van der Waals surface area (Å²) in [5.41, 5.74) is 2.61. The Kier molecular flexibility index (Phi) is 6.46. The maximum atomic E-state index is 12.9. The number of carbonyl (C=O) groups excluding carboxylic acids is 3. The van der Waals surface area contributed by atoms with Gasteiger partial charge in [-0.15, -0.1) is 11.3 Å². The Hall–Kier alpha value is -3.39. The van der Waals surface area contributed by atoms with Crippen molar-refractivity contribution in [3.63, 3.8) is 0 Å². The van der Waals surface area contributed by atoms with Crippen LogP contribution < -0.4 is 10.6 Å². The van der Waals surface area contributed by atoms with Gasteiger partial charge in [-0.3, -0.25) is 14.4 Å². The standard InChI is InChI=1S/C21H18FN3O3S/c1-13(26)23-17-8-4-14(5-9-17)18-12-29-21(24-18)25-20(28)11-10-19(27)15-2-6-16(22)7-3-15/h2-9,12H,10-11H2,1H3,(H,23,26)(H,24,25,28). The van der Waals surface area contributed by atoms with E-state index in [0.717, 1.165) is 5.56 Å². The summed E-state index contributed by atoms with van der Waals surface area (Å²) in [6.07, 6.45) is 0.0385. The van der Waals surface area contributed by atoms with E-state index >= 15 is 0 Å². The molecule has 0 aliphatic heterocycles. The number of anilines is 2. The monoisotopic (exact) mass is 411 g/mol. The van der Waals surface area contributed by atoms with Gasteiger partial charge in [0.25, 0.3) is 0 Å². The van der Waals surface area contributed by atoms with E-state index in [1.807, 2.05) is 17.5 Å². The maximum Gasteiger partial charge on any atom is 0.226 e. The van der Waals surface area contributed by atoms with Crippen LogP contribution in [0, 0.1) is 5.82 Å². The van der Waals surface area contributed by atoms with Gasteiger partial charge in [0.15, 0.2) is 10.9 Å². The molecule has 8 heteroatoms. The van der Waals surface area contributed by atoms with Gasteiger partial charge in [-0.1, -0.05) is 12.1 Å². The third-order valence-electron chi connectivity index (χ3n) is 4.00. The lowest BCUT2D eigenvalue weighted by molar-refractivity contribution is -0.116. The summed E-state index contributed by atoms with van der Waals surface area (Å²) < 4.78 is 12.9. The number of carbonyl (C=O) groups is 3. The molecule has 3 rings (SSSR count). The van der Waals surface area contributed by atoms with Gasteiger partial charge in [0.05, 0.1) is 5.69 Å². The van der Waals surface area contributed by atoms with Gasteiger partial charge in [0, 0.05) is 42.0 Å². The molecule has 0 radical (unpaired) electrons. The highest BCUT2D eigenvalue weighted by Crippen LogP contribution is 2.26. The van der Waals surface area contributed by atoms with Crippen molar-refractivity contribution in [2.45, 2.75) is 19.8 Å². The molecule has 3 aromatic rings. The molecule has 0 spiro atoms. The number of amides is 2. The zero-order valence-corrected chi connectivity index (χ0v) is 16.4. The van der Waals surface area contributed by atoms with Crippen molar-refractivity contribution in [2.24, 2.45) is 0 Å². The number of nitrogens with one attached hydrogen (secondary N) is 2. The molecule has 0 saturated carbocycles. The second kappa shape index (κ2) is 9.20. The predicted octanol–water partition coefficient (Wildman–Crippen LogP) is 4.51. The zero-order valence-electron chi connectivity index (χ0n) is 15.6. The Morgan fingerprint density at radius 1 is 0.966 bits per heavy atom. The highest BCUT2D eigenvalue weighted by molar-refractivity contribution is 7.14. The number of rotatable bonds is 7. The van der Waals surface area contributed by atoms with E-state index in [4.69, 9.17) is 0 Å². The number of aromatic nitrogens is 1. The molecule has 0 aliphatic rings. The summed E-state index contributed by atoms with van der Waals surface area (Å²) >= 11 is 1.28. The third-order valence-corrected chi connectivity index (χ3v) is 4.75. The summed E-state index contributed by atoms with van der Waals surface area (Å²) in [6.45, 7) is 1.44. The largest absolute Gasteiger partial charge is 0.326 e. The highest BCUT2D eigenvalue weighted by Gasteiger charge is 2.12. The molecule has 0 aliphatic carbocycles. The van der Waals surface area contributed by atoms with E-state index in [-0.39, 0.29) is 30.4 Å². The lowest BCUT2D eigenvalue weighted by Crippen LogP contribution is -2.13. The molecule has 0 unspecified atom stereocenters. The summed E-state index contributed by atoms with van der Waals surface area (Å²) in [5.74, 6) is -1.10. The Morgan fingerprint density at radius 2 is 1.66 bits per heavy atom. The van der Waals surface area contributed by atoms with Gasteiger partial charge >= 0.3 is 0 Å². The van der Waals surface area contributed by atoms with Crippen LogP contribution in [0.5, 0.6) is 0 Å². The fraction of sp³-hybridized carbons (Fsp3) is 0.143. The molecule has 29 heavy (non-hydrogen) atoms. The summed E-state index contributed by atoms with van der Waals surface area (Å²) in [7, 11) is 0. The van der Waals surface area contributed by atoms with Gasteiger partial charge in [-0.2, -0.15) is 0 Å². The fourth-order valence-corrected chi connectivity index (χ4v) is 3.32. The van der Waals surface area contributed by atoms with Crippen LogP contribution in [0.2, 0.25) is 0 Å². The minimum Gasteiger partial charge on any atom is -0.326 e. The van der Waals surface area contributed by atoms with Gasteiger partial charge in [0.2, 0.25) is 11.8 Å². The van der Waals surface area contributed by atoms with Crippen LogP contribution in [-0.2, 0) is 9.59 Å². The molecule has 2 N–H and O–H groups in total. The summed E-state index contributed by atoms with van der Waals surface area (Å²) in [6, 6.07) is 12.4. The molecule has 0 atom stereocenters. The van der Waals surface area contributed by atoms with Gasteiger partial charge < -0.3 is 10.6 Å². The molecule has 0 fully saturated rings. The van der Waals surface area contributed by atoms with Gasteiger partial charge in [-0.25, -0.2) is 9.37 Å². The van der Waals surface area contributed by atoms with Crippen molar-refractivity contribution < 1.29 is 18.8 Å². The van der Waals surface area contributed by atoms with Crippen LogP contribution in [0.25, 0.3) is 11.3 Å². The Labute approximate surface area is 170 Å². The Morgan fingerprint density at radius 3 is 2.31 bits per heavy atom. The summed E-state index contributed by atoms with van der Waals surface area (Å²) in [5, 5.41) is 7.62. The highest BCUT2D eigenvalue weighted by atomic mass is 32.1. The molecule has 2 aromatic carbocycles. The first-order valence-corrected chi connectivity index (χ1v) is 9.71. The Bertz CT molecular complexity index is 1030. The van der Waals surface area contributed by atoms with Crippen LogP contribution in [0.15, 0.2) is 53.9 Å². The number of hydrogen-bond donors (Lipinski definition) is 2. The molecule has 1 aromatic heterocycles. The van der Waals surface area contributed by atoms with Crippen molar-refractivity contribution in [1.82, 2.24) is 4.98 Å². The molecule has 0 bridgehead atoms. The van der Waals surface area contributed by atoms with Crippen molar-refractivity contribution in [3.05, 3.63) is 65.3 Å². The molecular formula is C21H18FN3O3S. The minimum atomic E-state index is -0.413. The lowest BCUT2D eigenvalue weighted by atomic mass is 10.1. The third kappa shape index (κ3) is 5.79. The molecular weight excluding hydrogens is 393 g/mol. The average molecular weight is 411 g/mol. The van der Waals surface area contributed by atoms with E-state index in [9.17, 15) is 18.8 Å². The van der Waals surface area contributed by atoms with Crippen molar-refractivity contribution >= 4 is 39.8 Å². The SMILES string of the molecule is CC(=O)Nc1ccc(-c2csc(NC(=O)CCC(=O)c3ccc(F)cc3)n2)cc1. The van der Waals surface area contributed by atoms with Crippen molar-refractivity contribution in [2.75, 3.05) is 10.6 Å². The summed E-state index contributed by atoms with van der Waals surface area (Å²) in [4.78, 5) is 39.6. The first kappa shape index (κ1) is 20.3. The number of thiazole rings is 1. The number of benzene rings is 2. The fourth-order valence-electron chi connectivity index (χ4n) is 2.58. The molecule has 0 saturated heterocycles. The maximum absolute atomic E-state index is 12.9. The molecule has 1 heterocycles. The second-order valence-corrected chi connectivity index (χ2v) is 7.13. The molecule has 6 nitrogen and oxygen atoms in total. The van der Waals surface area contributed by atoms with Crippen LogP contribution in [0.1, 0.15) is 30.1 Å². The molecule has 2 amide bonds. The quantitative estimate of drug-likeness (QED) is 0.560. The van der Waals surface area contributed by atoms with Crippen LogP contribution in [-0.4, -0.2) is 22.6 Å². The van der Waals surface area contributed by atoms with Crippen molar-refractivity contribution in [1.29, 1.82) is 0 Å². The number of Topliss-reactive ketones (excluding diaryl/α,β-unsaturated/α-hetero) is 1. The van der Waals surface area contributed by atoms with E-state index < -0.39 is 5.82 Å². The van der Waals surface area contributed by atoms with Crippen molar-refractivity contribution in [3.8, 4) is 11.3 Å². The van der Waals surface area contributed by atoms with Gasteiger partial charge in [-0.05, 0) is 36.4 Å². The van der Waals surface area contributed by atoms with Crippen LogP contribution in [0.4, 0.5) is 15.2 Å². The second-order valence-electron chi connectivity index (χ2n) is 6.27. The van der Waals surface area contributed by atoms with Crippen LogP contribution >= 0.6 is 11.3 Å². The lowest BCUT2D eigenvalue weighted by Gasteiger charge is -2.03. The van der Waals surface area contributed by atoms with E-state index in [0.29, 0.717) is 22.1 Å². The normalized spacial score (nSPS) is 10.4. The number of nitrogens with zero attached hydrogens (tertiary/aromatic N) is 1. The smallest absolute Gasteiger partial charge is 0.226 e. The van der Waals surface area contributed by atoms with E-state index in [2.05, 4.69) is 15.6 Å². The predicted molar refractivity (Wildman–Crippen MR) is 110 cm³/mol. The number of halogens is 1. The van der Waals surface area contributed by atoms with Gasteiger partial charge in [0.1, 0.15) is 5.82 Å². The van der Waals surface area contributed by atoms with Crippen LogP contribution in [0.3, 0.4) is 0 Å².